The number of hydrogen-bond acceptors (Lipinski definition) is 3. The summed E-state index contributed by atoms with van der Waals surface area (Å²) in [4.78, 5) is 11.7. The summed E-state index contributed by atoms with van der Waals surface area (Å²) < 4.78 is 26.3. The Morgan fingerprint density at radius 2 is 2.16 bits per heavy atom. The molecule has 0 aliphatic rings. The summed E-state index contributed by atoms with van der Waals surface area (Å²) in [5, 5.41) is 2.83. The van der Waals surface area contributed by atoms with Crippen molar-refractivity contribution in [3.8, 4) is 0 Å². The van der Waals surface area contributed by atoms with Gasteiger partial charge in [-0.25, -0.2) is 8.78 Å². The first-order chi connectivity index (χ1) is 8.78. The highest BCUT2D eigenvalue weighted by Crippen LogP contribution is 2.30. The van der Waals surface area contributed by atoms with Gasteiger partial charge in [0, 0.05) is 16.2 Å². The number of benzene rings is 1. The highest BCUT2D eigenvalue weighted by Gasteiger charge is 2.31. The fraction of sp³-hybridized carbons (Fsp3) is 0.462. The number of primary amides is 1. The number of rotatable bonds is 6. The van der Waals surface area contributed by atoms with Crippen LogP contribution in [0.3, 0.4) is 0 Å². The third kappa shape index (κ3) is 4.18. The van der Waals surface area contributed by atoms with E-state index in [9.17, 15) is 13.6 Å². The summed E-state index contributed by atoms with van der Waals surface area (Å²) in [6, 6.07) is 3.46. The van der Waals surface area contributed by atoms with Crippen LogP contribution in [-0.2, 0) is 4.79 Å². The zero-order valence-electron chi connectivity index (χ0n) is 11.2. The van der Waals surface area contributed by atoms with Crippen LogP contribution >= 0.6 is 11.8 Å². The van der Waals surface area contributed by atoms with Crippen molar-refractivity contribution in [3.63, 3.8) is 0 Å². The fourth-order valence-electron chi connectivity index (χ4n) is 1.73. The van der Waals surface area contributed by atoms with Crippen LogP contribution in [0.5, 0.6) is 0 Å². The lowest BCUT2D eigenvalue weighted by atomic mass is 9.95. The van der Waals surface area contributed by atoms with Gasteiger partial charge < -0.3 is 11.1 Å². The van der Waals surface area contributed by atoms with Gasteiger partial charge in [-0.3, -0.25) is 4.79 Å². The molecule has 1 rings (SSSR count). The van der Waals surface area contributed by atoms with Crippen LogP contribution in [0.15, 0.2) is 23.1 Å². The predicted molar refractivity (Wildman–Crippen MR) is 73.0 cm³/mol. The van der Waals surface area contributed by atoms with Gasteiger partial charge >= 0.3 is 0 Å². The first-order valence-corrected chi connectivity index (χ1v) is 6.77. The molecule has 1 aromatic carbocycles. The van der Waals surface area contributed by atoms with E-state index in [2.05, 4.69) is 5.32 Å². The summed E-state index contributed by atoms with van der Waals surface area (Å²) in [6.07, 6.45) is 0.445. The van der Waals surface area contributed by atoms with Crippen molar-refractivity contribution in [2.75, 3.05) is 7.05 Å². The molecule has 0 bridgehead atoms. The maximum Gasteiger partial charge on any atom is 0.237 e. The number of amides is 1. The van der Waals surface area contributed by atoms with Crippen molar-refractivity contribution in [2.45, 2.75) is 36.0 Å². The van der Waals surface area contributed by atoms with Crippen LogP contribution in [0.25, 0.3) is 0 Å². The minimum Gasteiger partial charge on any atom is -0.368 e. The molecule has 2 unspecified atom stereocenters. The number of halogens is 2. The van der Waals surface area contributed by atoms with Gasteiger partial charge in [0.1, 0.15) is 11.6 Å². The zero-order chi connectivity index (χ0) is 14.6. The Balaban J connectivity index is 2.74. The van der Waals surface area contributed by atoms with Gasteiger partial charge in [0.2, 0.25) is 5.91 Å². The van der Waals surface area contributed by atoms with Gasteiger partial charge in [0.05, 0.1) is 5.54 Å². The first-order valence-electron chi connectivity index (χ1n) is 5.89. The molecule has 0 saturated carbocycles. The van der Waals surface area contributed by atoms with Gasteiger partial charge in [-0.15, -0.1) is 11.8 Å². The number of likely N-dealkylation sites (N-methyl/N-ethyl adjacent to an activating group) is 1. The molecule has 3 nitrogen and oxygen atoms in total. The van der Waals surface area contributed by atoms with E-state index < -0.39 is 23.1 Å². The molecule has 0 spiro atoms. The van der Waals surface area contributed by atoms with Gasteiger partial charge in [-0.05, 0) is 32.5 Å². The lowest BCUT2D eigenvalue weighted by Gasteiger charge is -2.28. The minimum atomic E-state index is -0.844. The topological polar surface area (TPSA) is 55.1 Å². The second-order valence-corrected chi connectivity index (χ2v) is 6.13. The molecule has 6 heteroatoms. The molecule has 0 aromatic heterocycles. The Morgan fingerprint density at radius 1 is 1.53 bits per heavy atom. The molecule has 0 aliphatic carbocycles. The zero-order valence-corrected chi connectivity index (χ0v) is 12.0. The maximum atomic E-state index is 13.5. The Labute approximate surface area is 115 Å². The van der Waals surface area contributed by atoms with Crippen molar-refractivity contribution in [1.82, 2.24) is 5.32 Å². The van der Waals surface area contributed by atoms with Crippen LogP contribution in [0.2, 0.25) is 0 Å². The molecular formula is C13H18F2N2OS. The Bertz CT molecular complexity index is 470. The van der Waals surface area contributed by atoms with Gasteiger partial charge in [-0.2, -0.15) is 0 Å². The van der Waals surface area contributed by atoms with E-state index in [1.54, 1.807) is 14.0 Å². The summed E-state index contributed by atoms with van der Waals surface area (Å²) in [5.41, 5.74) is 4.49. The largest absolute Gasteiger partial charge is 0.368 e. The summed E-state index contributed by atoms with van der Waals surface area (Å²) in [7, 11) is 1.65. The molecule has 106 valence electrons. The quantitative estimate of drug-likeness (QED) is 0.790. The molecule has 0 saturated heterocycles. The predicted octanol–water partition coefficient (Wildman–Crippen LogP) is 2.30. The van der Waals surface area contributed by atoms with Crippen LogP contribution in [0.4, 0.5) is 8.78 Å². The van der Waals surface area contributed by atoms with E-state index in [0.717, 1.165) is 6.07 Å². The molecule has 2 atom stereocenters. The van der Waals surface area contributed by atoms with E-state index in [0.29, 0.717) is 11.3 Å². The summed E-state index contributed by atoms with van der Waals surface area (Å²) >= 11 is 1.25. The number of thioether (sulfide) groups is 1. The van der Waals surface area contributed by atoms with E-state index >= 15 is 0 Å². The lowest BCUT2D eigenvalue weighted by molar-refractivity contribution is -0.123. The van der Waals surface area contributed by atoms with Crippen LogP contribution < -0.4 is 11.1 Å². The monoisotopic (exact) mass is 288 g/mol. The normalized spacial score (nSPS) is 15.8. The number of carbonyl (C=O) groups excluding carboxylic acids is 1. The van der Waals surface area contributed by atoms with Crippen LogP contribution in [0.1, 0.15) is 20.3 Å². The van der Waals surface area contributed by atoms with Crippen molar-refractivity contribution in [3.05, 3.63) is 29.8 Å². The fourth-order valence-corrected chi connectivity index (χ4v) is 2.90. The second kappa shape index (κ2) is 6.34. The number of carbonyl (C=O) groups is 1. The van der Waals surface area contributed by atoms with E-state index in [1.165, 1.54) is 23.9 Å². The van der Waals surface area contributed by atoms with Crippen molar-refractivity contribution < 1.29 is 13.6 Å². The van der Waals surface area contributed by atoms with E-state index in [1.807, 2.05) is 6.92 Å². The number of nitrogens with one attached hydrogen (secondary N) is 1. The average Bonchev–Trinajstić information content (AvgIpc) is 2.32. The molecule has 19 heavy (non-hydrogen) atoms. The van der Waals surface area contributed by atoms with E-state index in [-0.39, 0.29) is 5.25 Å². The molecule has 1 aromatic rings. The summed E-state index contributed by atoms with van der Waals surface area (Å²) in [5.74, 6) is -1.66. The molecule has 0 fully saturated rings. The minimum absolute atomic E-state index is 0.0510. The van der Waals surface area contributed by atoms with Gasteiger partial charge in [0.15, 0.2) is 0 Å². The maximum absolute atomic E-state index is 13.5. The Morgan fingerprint density at radius 3 is 2.63 bits per heavy atom. The standard InChI is InChI=1S/C13H18F2N2OS/c1-8(7-13(2,17-3)12(16)18)19-11-5-4-9(14)6-10(11)15/h4-6,8,17H,7H2,1-3H3,(H2,16,18). The average molecular weight is 288 g/mol. The van der Waals surface area contributed by atoms with Gasteiger partial charge in [0.25, 0.3) is 0 Å². The highest BCUT2D eigenvalue weighted by molar-refractivity contribution is 8.00. The number of hydrogen-bond donors (Lipinski definition) is 2. The molecule has 0 heterocycles. The second-order valence-electron chi connectivity index (χ2n) is 4.65. The first kappa shape index (κ1) is 15.9. The van der Waals surface area contributed by atoms with Crippen LogP contribution in [-0.4, -0.2) is 23.7 Å². The van der Waals surface area contributed by atoms with Gasteiger partial charge in [-0.1, -0.05) is 6.92 Å². The molecule has 0 aliphatic heterocycles. The van der Waals surface area contributed by atoms with E-state index in [4.69, 9.17) is 5.73 Å². The third-order valence-corrected chi connectivity index (χ3v) is 4.17. The molecular weight excluding hydrogens is 270 g/mol. The molecule has 3 N–H and O–H groups in total. The third-order valence-electron chi connectivity index (χ3n) is 3.01. The highest BCUT2D eigenvalue weighted by atomic mass is 32.2. The Kier molecular flexibility index (Phi) is 5.31. The molecule has 1 amide bonds. The summed E-state index contributed by atoms with van der Waals surface area (Å²) in [6.45, 7) is 3.57. The molecule has 0 radical (unpaired) electrons. The SMILES string of the molecule is CNC(C)(CC(C)Sc1ccc(F)cc1F)C(N)=O. The Hall–Kier alpha value is -1.14. The van der Waals surface area contributed by atoms with Crippen molar-refractivity contribution >= 4 is 17.7 Å². The van der Waals surface area contributed by atoms with Crippen molar-refractivity contribution in [1.29, 1.82) is 0 Å². The number of nitrogens with two attached hydrogens (primary N) is 1. The lowest BCUT2D eigenvalue weighted by Crippen LogP contribution is -2.52. The smallest absolute Gasteiger partial charge is 0.237 e. The van der Waals surface area contributed by atoms with Crippen molar-refractivity contribution in [2.24, 2.45) is 5.73 Å². The van der Waals surface area contributed by atoms with Crippen LogP contribution in [0, 0.1) is 11.6 Å².